The Bertz CT molecular complexity index is 1060. The van der Waals surface area contributed by atoms with Crippen molar-refractivity contribution in [3.8, 4) is 0 Å². The molecule has 3 aromatic rings. The number of nitrogens with zero attached hydrogens (tertiary/aromatic N) is 1. The maximum Gasteiger partial charge on any atom is 0.282 e. The topological polar surface area (TPSA) is 106 Å². The lowest BCUT2D eigenvalue weighted by Crippen LogP contribution is -2.29. The third-order valence-corrected chi connectivity index (χ3v) is 4.28. The number of pyridine rings is 1. The molecule has 8 nitrogen and oxygen atoms in total. The van der Waals surface area contributed by atoms with Gasteiger partial charge in [0, 0.05) is 7.05 Å². The molecule has 9 heteroatoms. The van der Waals surface area contributed by atoms with Gasteiger partial charge < -0.3 is 14.8 Å². The van der Waals surface area contributed by atoms with Gasteiger partial charge in [0.1, 0.15) is 11.4 Å². The van der Waals surface area contributed by atoms with Gasteiger partial charge in [-0.25, -0.2) is 5.48 Å². The van der Waals surface area contributed by atoms with E-state index >= 15 is 0 Å². The van der Waals surface area contributed by atoms with E-state index in [1.807, 2.05) is 13.0 Å². The molecule has 0 spiro atoms. The van der Waals surface area contributed by atoms with Gasteiger partial charge in [-0.1, -0.05) is 17.7 Å². The highest BCUT2D eigenvalue weighted by Gasteiger charge is 2.24. The van der Waals surface area contributed by atoms with E-state index in [1.165, 1.54) is 23.9 Å². The smallest absolute Gasteiger partial charge is 0.282 e. The molecule has 27 heavy (non-hydrogen) atoms. The second-order valence-electron chi connectivity index (χ2n) is 5.86. The van der Waals surface area contributed by atoms with E-state index < -0.39 is 5.91 Å². The van der Waals surface area contributed by atoms with Crippen LogP contribution in [-0.2, 0) is 11.9 Å². The van der Waals surface area contributed by atoms with Crippen molar-refractivity contribution in [1.82, 2.24) is 10.0 Å². The predicted molar refractivity (Wildman–Crippen MR) is 101 cm³/mol. The van der Waals surface area contributed by atoms with Crippen LogP contribution in [0.4, 0.5) is 11.5 Å². The zero-order valence-electron chi connectivity index (χ0n) is 14.7. The number of aryl methyl sites for hydroxylation is 1. The largest absolute Gasteiger partial charge is 0.463 e. The van der Waals surface area contributed by atoms with Crippen LogP contribution in [0, 0.1) is 6.92 Å². The Balaban J connectivity index is 2.14. The van der Waals surface area contributed by atoms with Gasteiger partial charge in [-0.15, -0.1) is 0 Å². The number of hydroxylamine groups is 1. The minimum atomic E-state index is -0.635. The van der Waals surface area contributed by atoms with Crippen LogP contribution in [0.5, 0.6) is 0 Å². The summed E-state index contributed by atoms with van der Waals surface area (Å²) in [6.45, 7) is 1.57. The lowest BCUT2D eigenvalue weighted by atomic mass is 10.1. The first-order valence-corrected chi connectivity index (χ1v) is 8.48. The molecule has 0 unspecified atom stereocenters. The van der Waals surface area contributed by atoms with E-state index in [4.69, 9.17) is 26.0 Å². The summed E-state index contributed by atoms with van der Waals surface area (Å²) in [5, 5.41) is 12.5. The van der Waals surface area contributed by atoms with E-state index in [0.717, 1.165) is 5.56 Å². The molecule has 0 saturated carbocycles. The summed E-state index contributed by atoms with van der Waals surface area (Å²) < 4.78 is 6.69. The van der Waals surface area contributed by atoms with Crippen LogP contribution >= 0.6 is 11.6 Å². The van der Waals surface area contributed by atoms with Crippen LogP contribution in [0.3, 0.4) is 0 Å². The number of benzene rings is 1. The van der Waals surface area contributed by atoms with Crippen LogP contribution in [-0.4, -0.2) is 28.8 Å². The molecule has 0 aliphatic carbocycles. The van der Waals surface area contributed by atoms with Gasteiger partial charge in [0.2, 0.25) is 0 Å². The van der Waals surface area contributed by atoms with E-state index in [9.17, 15) is 9.59 Å². The first-order valence-electron chi connectivity index (χ1n) is 8.10. The van der Waals surface area contributed by atoms with Crippen molar-refractivity contribution in [2.45, 2.75) is 6.92 Å². The normalized spacial score (nSPS) is 11.0. The Hall–Kier alpha value is -2.81. The number of nitrogens with one attached hydrogen (secondary N) is 2. The van der Waals surface area contributed by atoms with E-state index in [2.05, 4.69) is 10.8 Å². The van der Waals surface area contributed by atoms with E-state index in [1.54, 1.807) is 12.1 Å². The van der Waals surface area contributed by atoms with Crippen molar-refractivity contribution in [2.75, 3.05) is 18.5 Å². The molecular formula is C18H18ClN3O5. The van der Waals surface area contributed by atoms with Crippen molar-refractivity contribution >= 4 is 40.0 Å². The molecule has 0 aliphatic heterocycles. The number of aliphatic hydroxyl groups excluding tert-OH is 1. The fourth-order valence-electron chi connectivity index (χ4n) is 2.65. The first-order chi connectivity index (χ1) is 12.9. The molecule has 2 heterocycles. The molecule has 3 N–H and O–H groups in total. The molecule has 0 radical (unpaired) electrons. The van der Waals surface area contributed by atoms with Crippen LogP contribution in [0.25, 0.3) is 11.0 Å². The minimum Gasteiger partial charge on any atom is -0.463 e. The highest BCUT2D eigenvalue weighted by atomic mass is 35.5. The van der Waals surface area contributed by atoms with Crippen molar-refractivity contribution in [3.05, 3.63) is 57.0 Å². The zero-order valence-corrected chi connectivity index (χ0v) is 15.5. The average molecular weight is 392 g/mol. The predicted octanol–water partition coefficient (Wildman–Crippen LogP) is 2.49. The SMILES string of the molecule is Cc1ccc(Nc2c(C(=O)NOCCO)c3occc3c(=O)n2C)c(Cl)c1. The Morgan fingerprint density at radius 1 is 1.37 bits per heavy atom. The minimum absolute atomic E-state index is 0.0756. The van der Waals surface area contributed by atoms with Gasteiger partial charge in [0.05, 0.1) is 35.6 Å². The van der Waals surface area contributed by atoms with Crippen molar-refractivity contribution in [1.29, 1.82) is 0 Å². The summed E-state index contributed by atoms with van der Waals surface area (Å²) in [5.74, 6) is -0.442. The van der Waals surface area contributed by atoms with Crippen LogP contribution in [0.15, 0.2) is 39.7 Å². The number of aromatic nitrogens is 1. The van der Waals surface area contributed by atoms with Crippen molar-refractivity contribution in [2.24, 2.45) is 7.05 Å². The van der Waals surface area contributed by atoms with Gasteiger partial charge in [0.15, 0.2) is 5.58 Å². The number of carbonyl (C=O) groups excluding carboxylic acids is 1. The fraction of sp³-hybridized carbons (Fsp3) is 0.222. The number of aliphatic hydroxyl groups is 1. The number of amides is 1. The molecule has 0 bridgehead atoms. The summed E-state index contributed by atoms with van der Waals surface area (Å²) in [5.41, 5.74) is 3.58. The first kappa shape index (κ1) is 19.0. The number of anilines is 2. The fourth-order valence-corrected chi connectivity index (χ4v) is 2.93. The van der Waals surface area contributed by atoms with Gasteiger partial charge >= 0.3 is 0 Å². The molecule has 2 aromatic heterocycles. The molecule has 0 fully saturated rings. The number of rotatable bonds is 6. The van der Waals surface area contributed by atoms with Gasteiger partial charge in [0.25, 0.3) is 11.5 Å². The summed E-state index contributed by atoms with van der Waals surface area (Å²) in [4.78, 5) is 30.2. The van der Waals surface area contributed by atoms with Crippen LogP contribution in [0.1, 0.15) is 15.9 Å². The summed E-state index contributed by atoms with van der Waals surface area (Å²) >= 11 is 6.28. The monoisotopic (exact) mass is 391 g/mol. The van der Waals surface area contributed by atoms with Gasteiger partial charge in [-0.2, -0.15) is 0 Å². The highest BCUT2D eigenvalue weighted by Crippen LogP contribution is 2.30. The number of carbonyl (C=O) groups is 1. The Morgan fingerprint density at radius 3 is 2.85 bits per heavy atom. The number of hydrogen-bond donors (Lipinski definition) is 3. The molecule has 0 aliphatic rings. The zero-order chi connectivity index (χ0) is 19.6. The number of fused-ring (bicyclic) bond motifs is 1. The second kappa shape index (κ2) is 7.83. The summed E-state index contributed by atoms with van der Waals surface area (Å²) in [7, 11) is 1.53. The standard InChI is InChI=1S/C18H18ClN3O5/c1-10-3-4-13(12(19)9-10)20-16-14(17(24)21-27-8-6-23)15-11(5-7-26-15)18(25)22(16)2/h3-5,7,9,20,23H,6,8H2,1-2H3,(H,21,24). The van der Waals surface area contributed by atoms with Gasteiger partial charge in [-0.3, -0.25) is 19.0 Å². The van der Waals surface area contributed by atoms with E-state index in [0.29, 0.717) is 10.7 Å². The third-order valence-electron chi connectivity index (χ3n) is 3.96. The molecule has 1 amide bonds. The number of furan rings is 1. The Labute approximate surface area is 159 Å². The van der Waals surface area contributed by atoms with Crippen molar-refractivity contribution in [3.63, 3.8) is 0 Å². The molecule has 3 rings (SSSR count). The molecule has 1 aromatic carbocycles. The van der Waals surface area contributed by atoms with Crippen molar-refractivity contribution < 1.29 is 19.2 Å². The second-order valence-corrected chi connectivity index (χ2v) is 6.27. The highest BCUT2D eigenvalue weighted by molar-refractivity contribution is 6.33. The van der Waals surface area contributed by atoms with Gasteiger partial charge in [-0.05, 0) is 30.7 Å². The number of hydrogen-bond acceptors (Lipinski definition) is 6. The van der Waals surface area contributed by atoms with Crippen LogP contribution in [0.2, 0.25) is 5.02 Å². The molecule has 142 valence electrons. The molecular weight excluding hydrogens is 374 g/mol. The quantitative estimate of drug-likeness (QED) is 0.440. The third kappa shape index (κ3) is 3.68. The lowest BCUT2D eigenvalue weighted by molar-refractivity contribution is 0.0169. The molecule has 0 atom stereocenters. The number of halogens is 1. The average Bonchev–Trinajstić information content (AvgIpc) is 3.11. The van der Waals surface area contributed by atoms with E-state index in [-0.39, 0.29) is 41.1 Å². The lowest BCUT2D eigenvalue weighted by Gasteiger charge is -2.17. The van der Waals surface area contributed by atoms with Crippen LogP contribution < -0.4 is 16.4 Å². The summed E-state index contributed by atoms with van der Waals surface area (Å²) in [6.07, 6.45) is 1.33. The summed E-state index contributed by atoms with van der Waals surface area (Å²) in [6, 6.07) is 6.85. The Kier molecular flexibility index (Phi) is 5.50. The molecule has 0 saturated heterocycles. The Morgan fingerprint density at radius 2 is 2.15 bits per heavy atom. The maximum atomic E-state index is 12.7. The maximum absolute atomic E-state index is 12.7.